The molecule has 4 heterocycles. The number of aromatic amines is 1. The second kappa shape index (κ2) is 8.51. The number of nitrogens with zero attached hydrogens (tertiary/aromatic N) is 5. The Labute approximate surface area is 193 Å². The summed E-state index contributed by atoms with van der Waals surface area (Å²) >= 11 is 0. The summed E-state index contributed by atoms with van der Waals surface area (Å²) in [5, 5.41) is 5.38. The van der Waals surface area contributed by atoms with E-state index >= 15 is 0 Å². The topological polar surface area (TPSA) is 78.8 Å². The van der Waals surface area contributed by atoms with Crippen molar-refractivity contribution in [3.63, 3.8) is 0 Å². The summed E-state index contributed by atoms with van der Waals surface area (Å²) < 4.78 is 7.30. The molecule has 33 heavy (non-hydrogen) atoms. The minimum absolute atomic E-state index is 0.107. The minimum atomic E-state index is 0.107. The maximum atomic E-state index is 13.3. The third-order valence-corrected chi connectivity index (χ3v) is 6.52. The van der Waals surface area contributed by atoms with Crippen molar-refractivity contribution in [2.24, 2.45) is 0 Å². The number of H-pyrrole nitrogens is 1. The van der Waals surface area contributed by atoms with Gasteiger partial charge in [-0.05, 0) is 55.8 Å². The molecule has 0 aliphatic carbocycles. The van der Waals surface area contributed by atoms with Gasteiger partial charge in [0.05, 0.1) is 12.8 Å². The molecule has 8 heteroatoms. The number of likely N-dealkylation sites (N-methyl/N-ethyl adjacent to an activating group) is 1. The van der Waals surface area contributed by atoms with Crippen molar-refractivity contribution in [2.45, 2.75) is 26.2 Å². The first kappa shape index (κ1) is 21.5. The number of methoxy groups -OCH3 is 1. The van der Waals surface area contributed by atoms with Crippen LogP contribution in [-0.2, 0) is 0 Å². The molecule has 0 saturated carbocycles. The van der Waals surface area contributed by atoms with E-state index in [2.05, 4.69) is 40.9 Å². The smallest absolute Gasteiger partial charge is 0.253 e. The molecule has 0 bridgehead atoms. The molecule has 5 rings (SSSR count). The van der Waals surface area contributed by atoms with Crippen molar-refractivity contribution in [2.75, 3.05) is 40.3 Å². The Hall–Kier alpha value is -3.39. The highest BCUT2D eigenvalue weighted by Crippen LogP contribution is 2.37. The zero-order valence-corrected chi connectivity index (χ0v) is 19.6. The van der Waals surface area contributed by atoms with Gasteiger partial charge in [0, 0.05) is 47.9 Å². The van der Waals surface area contributed by atoms with Crippen LogP contribution in [0.15, 0.2) is 36.8 Å². The van der Waals surface area contributed by atoms with E-state index < -0.39 is 0 Å². The fourth-order valence-corrected chi connectivity index (χ4v) is 4.79. The second-order valence-corrected chi connectivity index (χ2v) is 9.10. The number of hydrogen-bond donors (Lipinski definition) is 1. The lowest BCUT2D eigenvalue weighted by atomic mass is 9.95. The number of pyridine rings is 1. The van der Waals surface area contributed by atoms with Crippen LogP contribution < -0.4 is 4.74 Å². The molecule has 4 aromatic rings. The molecule has 3 aromatic heterocycles. The second-order valence-electron chi connectivity index (χ2n) is 9.10. The normalized spacial score (nSPS) is 15.5. The summed E-state index contributed by atoms with van der Waals surface area (Å²) in [7, 11) is 3.75. The Morgan fingerprint density at radius 1 is 1.15 bits per heavy atom. The van der Waals surface area contributed by atoms with Crippen molar-refractivity contribution in [1.82, 2.24) is 29.4 Å². The monoisotopic (exact) mass is 446 g/mol. The van der Waals surface area contributed by atoms with Gasteiger partial charge in [0.1, 0.15) is 6.33 Å². The van der Waals surface area contributed by atoms with Gasteiger partial charge in [0.2, 0.25) is 0 Å². The lowest BCUT2D eigenvalue weighted by Crippen LogP contribution is -2.34. The predicted molar refractivity (Wildman–Crippen MR) is 129 cm³/mol. The van der Waals surface area contributed by atoms with Gasteiger partial charge in [0.25, 0.3) is 5.91 Å². The van der Waals surface area contributed by atoms with E-state index in [0.29, 0.717) is 11.4 Å². The average Bonchev–Trinajstić information content (AvgIpc) is 3.38. The van der Waals surface area contributed by atoms with Gasteiger partial charge in [-0.25, -0.2) is 9.50 Å². The maximum Gasteiger partial charge on any atom is 0.253 e. The van der Waals surface area contributed by atoms with Crippen LogP contribution in [0.5, 0.6) is 5.75 Å². The highest BCUT2D eigenvalue weighted by molar-refractivity contribution is 6.00. The number of fused-ring (bicyclic) bond motifs is 2. The molecule has 1 N–H and O–H groups in total. The maximum absolute atomic E-state index is 13.3. The molecule has 0 atom stereocenters. The molecule has 1 aromatic carbocycles. The van der Waals surface area contributed by atoms with Crippen molar-refractivity contribution < 1.29 is 9.53 Å². The molecule has 1 amide bonds. The standard InChI is InChI=1S/C25H30N6O2/c1-16(2)22-19-12-17(25(32)30-9-5-8-29(3)10-11-30)6-7-20(19)28-23(22)18-13-21(33-4)24-26-15-27-31(24)14-18/h6-7,12-16,28H,5,8-11H2,1-4H3. The number of nitrogens with one attached hydrogen (secondary N) is 1. The number of carbonyl (C=O) groups is 1. The number of hydrogen-bond acceptors (Lipinski definition) is 5. The lowest BCUT2D eigenvalue weighted by molar-refractivity contribution is 0.0763. The Morgan fingerprint density at radius 3 is 2.79 bits per heavy atom. The SMILES string of the molecule is COc1cc(-c2[nH]c3ccc(C(=O)N4CCCN(C)CC4)cc3c2C(C)C)cn2ncnc12. The highest BCUT2D eigenvalue weighted by atomic mass is 16.5. The fraction of sp³-hybridized carbons (Fsp3) is 0.400. The number of amides is 1. The van der Waals surface area contributed by atoms with Gasteiger partial charge < -0.3 is 19.5 Å². The molecule has 8 nitrogen and oxygen atoms in total. The van der Waals surface area contributed by atoms with Crippen LogP contribution in [0.3, 0.4) is 0 Å². The third-order valence-electron chi connectivity index (χ3n) is 6.52. The van der Waals surface area contributed by atoms with Crippen LogP contribution in [0.1, 0.15) is 42.1 Å². The van der Waals surface area contributed by atoms with Crippen LogP contribution in [0.25, 0.3) is 27.8 Å². The van der Waals surface area contributed by atoms with E-state index in [9.17, 15) is 4.79 Å². The van der Waals surface area contributed by atoms with Gasteiger partial charge in [-0.15, -0.1) is 0 Å². The summed E-state index contributed by atoms with van der Waals surface area (Å²) in [5.41, 5.74) is 5.59. The van der Waals surface area contributed by atoms with E-state index in [4.69, 9.17) is 4.74 Å². The van der Waals surface area contributed by atoms with Gasteiger partial charge in [-0.3, -0.25) is 4.79 Å². The minimum Gasteiger partial charge on any atom is -0.493 e. The van der Waals surface area contributed by atoms with Gasteiger partial charge >= 0.3 is 0 Å². The van der Waals surface area contributed by atoms with Gasteiger partial charge in [-0.2, -0.15) is 5.10 Å². The van der Waals surface area contributed by atoms with E-state index in [1.54, 1.807) is 11.6 Å². The first-order valence-corrected chi connectivity index (χ1v) is 11.5. The summed E-state index contributed by atoms with van der Waals surface area (Å²) in [5.74, 6) is 1.03. The number of carbonyl (C=O) groups excluding carboxylic acids is 1. The van der Waals surface area contributed by atoms with E-state index in [1.807, 2.05) is 35.4 Å². The van der Waals surface area contributed by atoms with E-state index in [-0.39, 0.29) is 11.8 Å². The van der Waals surface area contributed by atoms with E-state index in [0.717, 1.165) is 60.3 Å². The molecular formula is C25H30N6O2. The van der Waals surface area contributed by atoms with Crippen molar-refractivity contribution in [1.29, 1.82) is 0 Å². The predicted octanol–water partition coefficient (Wildman–Crippen LogP) is 3.79. The molecule has 172 valence electrons. The van der Waals surface area contributed by atoms with Crippen LogP contribution in [0.2, 0.25) is 0 Å². The van der Waals surface area contributed by atoms with Crippen LogP contribution in [0, 0.1) is 0 Å². The quantitative estimate of drug-likeness (QED) is 0.516. The zero-order valence-electron chi connectivity index (χ0n) is 19.6. The van der Waals surface area contributed by atoms with E-state index in [1.165, 1.54) is 11.9 Å². The van der Waals surface area contributed by atoms with Gasteiger partial charge in [-0.1, -0.05) is 13.8 Å². The Bertz CT molecular complexity index is 1320. The van der Waals surface area contributed by atoms with Crippen molar-refractivity contribution in [3.8, 4) is 17.0 Å². The summed E-state index contributed by atoms with van der Waals surface area (Å²) in [6.07, 6.45) is 4.48. The Kier molecular flexibility index (Phi) is 5.54. The molecule has 1 fully saturated rings. The summed E-state index contributed by atoms with van der Waals surface area (Å²) in [4.78, 5) is 25.5. The summed E-state index contributed by atoms with van der Waals surface area (Å²) in [6.45, 7) is 7.86. The molecule has 0 spiro atoms. The first-order valence-electron chi connectivity index (χ1n) is 11.5. The first-order chi connectivity index (χ1) is 16.0. The van der Waals surface area contributed by atoms with Gasteiger partial charge in [0.15, 0.2) is 11.4 Å². The fourth-order valence-electron chi connectivity index (χ4n) is 4.79. The van der Waals surface area contributed by atoms with Crippen LogP contribution in [0.4, 0.5) is 0 Å². The molecule has 0 radical (unpaired) electrons. The molecule has 1 aliphatic heterocycles. The number of rotatable bonds is 4. The average molecular weight is 447 g/mol. The van der Waals surface area contributed by atoms with Crippen molar-refractivity contribution >= 4 is 22.5 Å². The molecular weight excluding hydrogens is 416 g/mol. The van der Waals surface area contributed by atoms with Crippen LogP contribution in [-0.4, -0.2) is 75.6 Å². The Balaban J connectivity index is 1.59. The Morgan fingerprint density at radius 2 is 2.00 bits per heavy atom. The van der Waals surface area contributed by atoms with Crippen LogP contribution >= 0.6 is 0 Å². The zero-order chi connectivity index (χ0) is 23.1. The highest BCUT2D eigenvalue weighted by Gasteiger charge is 2.22. The third kappa shape index (κ3) is 3.84. The molecule has 1 saturated heterocycles. The summed E-state index contributed by atoms with van der Waals surface area (Å²) in [6, 6.07) is 7.99. The molecule has 0 unspecified atom stereocenters. The lowest BCUT2D eigenvalue weighted by Gasteiger charge is -2.20. The molecule has 1 aliphatic rings. The number of benzene rings is 1. The number of aromatic nitrogens is 4. The van der Waals surface area contributed by atoms with Crippen molar-refractivity contribution in [3.05, 3.63) is 47.9 Å². The number of ether oxygens (including phenoxy) is 1. The largest absolute Gasteiger partial charge is 0.493 e.